The molecule has 0 N–H and O–H groups in total. The van der Waals surface area contributed by atoms with E-state index in [4.69, 9.17) is 8.92 Å². The van der Waals surface area contributed by atoms with Crippen LogP contribution < -0.4 is 0 Å². The summed E-state index contributed by atoms with van der Waals surface area (Å²) >= 11 is 0. The Morgan fingerprint density at radius 3 is 2.47 bits per heavy atom. The number of morpholine rings is 1. The largest absolute Gasteiger partial charge is 0.376 e. The standard InChI is InChI=1S/C27H45NO5S/c1-17-16-28(12-13-32-17)24-15-27(4)19(14-25(24)33-34(5,30)31)6-7-20-22-9-8-21(18(2)29)26(22,3)11-10-23(20)27/h17,19-25H,6-16H2,1-5H3/t17-,19+,20+,21-,22+,23+,24+,25+,26-,27+/m1/s1. The molecule has 1 heterocycles. The first-order valence-corrected chi connectivity index (χ1v) is 15.5. The lowest BCUT2D eigenvalue weighted by atomic mass is 9.44. The van der Waals surface area contributed by atoms with E-state index >= 15 is 0 Å². The quantitative estimate of drug-likeness (QED) is 0.542. The van der Waals surface area contributed by atoms with Gasteiger partial charge >= 0.3 is 0 Å². The maximum atomic E-state index is 12.5. The van der Waals surface area contributed by atoms with E-state index in [9.17, 15) is 13.2 Å². The van der Waals surface area contributed by atoms with Gasteiger partial charge in [0.25, 0.3) is 10.1 Å². The van der Waals surface area contributed by atoms with Crippen LogP contribution in [0.4, 0.5) is 0 Å². The Bertz CT molecular complexity index is 907. The summed E-state index contributed by atoms with van der Waals surface area (Å²) in [5.74, 6) is 3.15. The maximum absolute atomic E-state index is 12.5. The van der Waals surface area contributed by atoms with Gasteiger partial charge < -0.3 is 4.74 Å². The molecule has 0 aromatic carbocycles. The van der Waals surface area contributed by atoms with Crippen molar-refractivity contribution in [2.45, 2.75) is 97.3 Å². The van der Waals surface area contributed by atoms with Gasteiger partial charge in [0.1, 0.15) is 5.78 Å². The molecule has 194 valence electrons. The van der Waals surface area contributed by atoms with Crippen molar-refractivity contribution in [1.82, 2.24) is 4.90 Å². The van der Waals surface area contributed by atoms with E-state index < -0.39 is 10.1 Å². The predicted octanol–water partition coefficient (Wildman–Crippen LogP) is 4.28. The van der Waals surface area contributed by atoms with Crippen LogP contribution in [-0.4, -0.2) is 63.3 Å². The Hall–Kier alpha value is -0.500. The van der Waals surface area contributed by atoms with Gasteiger partial charge in [0.2, 0.25) is 0 Å². The molecule has 5 fully saturated rings. The van der Waals surface area contributed by atoms with Crippen molar-refractivity contribution in [3.63, 3.8) is 0 Å². The molecule has 0 spiro atoms. The van der Waals surface area contributed by atoms with Crippen molar-refractivity contribution in [3.05, 3.63) is 0 Å². The van der Waals surface area contributed by atoms with Crippen LogP contribution in [0.15, 0.2) is 0 Å². The Balaban J connectivity index is 1.43. The number of Topliss-reactive ketones (excluding diaryl/α,β-unsaturated/α-hetero) is 1. The highest BCUT2D eigenvalue weighted by Crippen LogP contribution is 2.67. The van der Waals surface area contributed by atoms with Crippen LogP contribution in [0.25, 0.3) is 0 Å². The van der Waals surface area contributed by atoms with Crippen molar-refractivity contribution in [3.8, 4) is 0 Å². The van der Waals surface area contributed by atoms with Crippen LogP contribution in [0, 0.1) is 40.4 Å². The second-order valence-corrected chi connectivity index (χ2v) is 14.6. The second kappa shape index (κ2) is 8.81. The minimum atomic E-state index is -3.51. The maximum Gasteiger partial charge on any atom is 0.264 e. The molecule has 1 aliphatic heterocycles. The zero-order valence-electron chi connectivity index (χ0n) is 21.8. The van der Waals surface area contributed by atoms with E-state index in [2.05, 4.69) is 25.7 Å². The normalized spacial score (nSPS) is 49.7. The molecule has 0 aromatic rings. The number of rotatable bonds is 4. The van der Waals surface area contributed by atoms with Crippen LogP contribution in [0.5, 0.6) is 0 Å². The number of carbonyl (C=O) groups is 1. The summed E-state index contributed by atoms with van der Waals surface area (Å²) in [7, 11) is -3.51. The zero-order valence-corrected chi connectivity index (χ0v) is 22.6. The number of ether oxygens (including phenoxy) is 1. The average molecular weight is 496 g/mol. The summed E-state index contributed by atoms with van der Waals surface area (Å²) in [6.07, 6.45) is 9.95. The number of hydrogen-bond acceptors (Lipinski definition) is 6. The molecule has 34 heavy (non-hydrogen) atoms. The number of carbonyl (C=O) groups excluding carboxylic acids is 1. The Labute approximate surface area is 206 Å². The summed E-state index contributed by atoms with van der Waals surface area (Å²) in [6, 6.07) is 0.114. The van der Waals surface area contributed by atoms with E-state index in [1.165, 1.54) is 25.5 Å². The summed E-state index contributed by atoms with van der Waals surface area (Å²) in [5.41, 5.74) is 0.369. The van der Waals surface area contributed by atoms with Crippen LogP contribution >= 0.6 is 0 Å². The van der Waals surface area contributed by atoms with Gasteiger partial charge in [-0.05, 0) is 99.7 Å². The highest BCUT2D eigenvalue weighted by molar-refractivity contribution is 7.86. The topological polar surface area (TPSA) is 72.9 Å². The van der Waals surface area contributed by atoms with Gasteiger partial charge in [-0.15, -0.1) is 0 Å². The smallest absolute Gasteiger partial charge is 0.264 e. The fourth-order valence-electron chi connectivity index (χ4n) is 9.77. The molecule has 0 radical (unpaired) electrons. The van der Waals surface area contributed by atoms with Crippen molar-refractivity contribution in [2.75, 3.05) is 26.0 Å². The predicted molar refractivity (Wildman–Crippen MR) is 132 cm³/mol. The van der Waals surface area contributed by atoms with Crippen molar-refractivity contribution >= 4 is 15.9 Å². The first kappa shape index (κ1) is 25.2. The monoisotopic (exact) mass is 495 g/mol. The van der Waals surface area contributed by atoms with Gasteiger partial charge in [0.15, 0.2) is 0 Å². The third kappa shape index (κ3) is 4.20. The van der Waals surface area contributed by atoms with Crippen LogP contribution in [0.2, 0.25) is 0 Å². The molecule has 5 aliphatic rings. The average Bonchev–Trinajstić information content (AvgIpc) is 3.10. The number of ketones is 1. The lowest BCUT2D eigenvalue weighted by Crippen LogP contribution is -2.62. The fraction of sp³-hybridized carbons (Fsp3) is 0.963. The van der Waals surface area contributed by atoms with Crippen molar-refractivity contribution in [1.29, 1.82) is 0 Å². The van der Waals surface area contributed by atoms with E-state index in [1.807, 2.05) is 0 Å². The van der Waals surface area contributed by atoms with E-state index in [1.54, 1.807) is 6.92 Å². The Kier molecular flexibility index (Phi) is 6.52. The summed E-state index contributed by atoms with van der Waals surface area (Å²) in [6.45, 7) is 11.2. The third-order valence-corrected chi connectivity index (χ3v) is 11.8. The van der Waals surface area contributed by atoms with Gasteiger partial charge in [-0.3, -0.25) is 13.9 Å². The van der Waals surface area contributed by atoms with E-state index in [-0.39, 0.29) is 35.0 Å². The number of hydrogen-bond donors (Lipinski definition) is 0. The van der Waals surface area contributed by atoms with Gasteiger partial charge in [-0.25, -0.2) is 0 Å². The van der Waals surface area contributed by atoms with Crippen molar-refractivity contribution in [2.24, 2.45) is 40.4 Å². The molecule has 5 rings (SSSR count). The van der Waals surface area contributed by atoms with Gasteiger partial charge in [-0.2, -0.15) is 8.42 Å². The zero-order chi connectivity index (χ0) is 24.5. The second-order valence-electron chi connectivity index (χ2n) is 13.0. The SMILES string of the molecule is CC(=O)[C@H]1CC[C@H]2[C@@H]3CC[C@H]4C[C@H](OS(C)(=O)=O)[C@@H](N5CCO[C@H](C)C5)C[C@]4(C)[C@H]3CC[C@]12C. The third-order valence-electron chi connectivity index (χ3n) is 11.2. The molecular weight excluding hydrogens is 450 g/mol. The molecule has 4 aliphatic carbocycles. The number of nitrogens with zero attached hydrogens (tertiary/aromatic N) is 1. The first-order valence-electron chi connectivity index (χ1n) is 13.7. The fourth-order valence-corrected chi connectivity index (χ4v) is 10.4. The summed E-state index contributed by atoms with van der Waals surface area (Å²) in [4.78, 5) is 14.9. The minimum Gasteiger partial charge on any atom is -0.376 e. The molecule has 1 saturated heterocycles. The highest BCUT2D eigenvalue weighted by Gasteiger charge is 2.62. The highest BCUT2D eigenvalue weighted by atomic mass is 32.2. The lowest BCUT2D eigenvalue weighted by molar-refractivity contribution is -0.155. The molecule has 6 nitrogen and oxygen atoms in total. The number of fused-ring (bicyclic) bond motifs is 5. The first-order chi connectivity index (χ1) is 15.9. The molecule has 0 aromatic heterocycles. The molecule has 7 heteroatoms. The molecule has 0 bridgehead atoms. The molecule has 0 unspecified atom stereocenters. The van der Waals surface area contributed by atoms with Gasteiger partial charge in [0, 0.05) is 25.0 Å². The molecule has 0 amide bonds. The van der Waals surface area contributed by atoms with Crippen molar-refractivity contribution < 1.29 is 22.1 Å². The Morgan fingerprint density at radius 2 is 1.79 bits per heavy atom. The Morgan fingerprint density at radius 1 is 1.06 bits per heavy atom. The van der Waals surface area contributed by atoms with Crippen LogP contribution in [-0.2, 0) is 23.8 Å². The van der Waals surface area contributed by atoms with Crippen LogP contribution in [0.1, 0.15) is 79.1 Å². The summed E-state index contributed by atoms with van der Waals surface area (Å²) < 4.78 is 36.0. The van der Waals surface area contributed by atoms with E-state index in [0.717, 1.165) is 45.2 Å². The van der Waals surface area contributed by atoms with Gasteiger partial charge in [-0.1, -0.05) is 13.8 Å². The molecular formula is C27H45NO5S. The molecule has 4 saturated carbocycles. The summed E-state index contributed by atoms with van der Waals surface area (Å²) in [5, 5.41) is 0. The van der Waals surface area contributed by atoms with Gasteiger partial charge in [0.05, 0.1) is 25.1 Å². The minimum absolute atomic E-state index is 0.114. The molecule has 10 atom stereocenters. The van der Waals surface area contributed by atoms with E-state index in [0.29, 0.717) is 36.1 Å². The lowest BCUT2D eigenvalue weighted by Gasteiger charge is -2.63. The van der Waals surface area contributed by atoms with Crippen LogP contribution in [0.3, 0.4) is 0 Å².